The zero-order valence-electron chi connectivity index (χ0n) is 11.1. The topological polar surface area (TPSA) is 37.8 Å². The molecule has 0 unspecified atom stereocenters. The van der Waals surface area contributed by atoms with E-state index in [4.69, 9.17) is 4.98 Å². The quantitative estimate of drug-likeness (QED) is 0.882. The van der Waals surface area contributed by atoms with Crippen LogP contribution in [0.5, 0.6) is 0 Å². The van der Waals surface area contributed by atoms with Gasteiger partial charge in [-0.2, -0.15) is 0 Å². The highest BCUT2D eigenvalue weighted by Gasteiger charge is 2.30. The Hall–Kier alpha value is -0.780. The summed E-state index contributed by atoms with van der Waals surface area (Å²) in [4.78, 5) is 10.6. The summed E-state index contributed by atoms with van der Waals surface area (Å²) in [6.45, 7) is 0.982. The van der Waals surface area contributed by atoms with Crippen LogP contribution in [0.15, 0.2) is 22.9 Å². The Morgan fingerprint density at radius 2 is 2.10 bits per heavy atom. The SMILES string of the molecule is Brc1cncc(-c2nc(C3CC3)c(CNC3CC3)s2)c1. The Morgan fingerprint density at radius 1 is 1.25 bits per heavy atom. The summed E-state index contributed by atoms with van der Waals surface area (Å²) in [5.74, 6) is 0.705. The number of thiazole rings is 1. The molecule has 0 saturated heterocycles. The molecule has 104 valence electrons. The van der Waals surface area contributed by atoms with E-state index in [-0.39, 0.29) is 0 Å². The first-order chi connectivity index (χ1) is 9.79. The summed E-state index contributed by atoms with van der Waals surface area (Å²) in [6.07, 6.45) is 8.99. The van der Waals surface area contributed by atoms with Crippen molar-refractivity contribution in [2.75, 3.05) is 0 Å². The summed E-state index contributed by atoms with van der Waals surface area (Å²) in [6, 6.07) is 2.85. The van der Waals surface area contributed by atoms with E-state index in [1.54, 1.807) is 0 Å². The van der Waals surface area contributed by atoms with Gasteiger partial charge in [0, 0.05) is 45.8 Å². The van der Waals surface area contributed by atoms with E-state index in [0.717, 1.165) is 27.6 Å². The molecule has 3 nitrogen and oxygen atoms in total. The zero-order valence-corrected chi connectivity index (χ0v) is 13.5. The molecule has 0 spiro atoms. The normalized spacial score (nSPS) is 18.4. The molecule has 2 saturated carbocycles. The molecule has 20 heavy (non-hydrogen) atoms. The minimum atomic E-state index is 0.705. The van der Waals surface area contributed by atoms with Gasteiger partial charge in [-0.1, -0.05) is 0 Å². The first-order valence-corrected chi connectivity index (χ1v) is 8.74. The average Bonchev–Trinajstić information content (AvgIpc) is 3.36. The molecule has 2 fully saturated rings. The third-order valence-electron chi connectivity index (χ3n) is 3.77. The molecule has 0 amide bonds. The van der Waals surface area contributed by atoms with Gasteiger partial charge in [0.05, 0.1) is 5.69 Å². The fraction of sp³-hybridized carbons (Fsp3) is 0.467. The smallest absolute Gasteiger partial charge is 0.125 e. The predicted octanol–water partition coefficient (Wildman–Crippen LogP) is 4.10. The summed E-state index contributed by atoms with van der Waals surface area (Å²) < 4.78 is 1.01. The maximum absolute atomic E-state index is 4.90. The molecule has 2 aromatic rings. The second-order valence-electron chi connectivity index (χ2n) is 5.65. The lowest BCUT2D eigenvalue weighted by Gasteiger charge is -2.01. The fourth-order valence-corrected chi connectivity index (χ4v) is 3.79. The van der Waals surface area contributed by atoms with Crippen LogP contribution in [0.2, 0.25) is 0 Å². The largest absolute Gasteiger partial charge is 0.309 e. The van der Waals surface area contributed by atoms with Crippen molar-refractivity contribution in [1.82, 2.24) is 15.3 Å². The van der Waals surface area contributed by atoms with Gasteiger partial charge in [-0.25, -0.2) is 4.98 Å². The van der Waals surface area contributed by atoms with Crippen LogP contribution in [0.25, 0.3) is 10.6 Å². The van der Waals surface area contributed by atoms with Gasteiger partial charge >= 0.3 is 0 Å². The molecule has 0 atom stereocenters. The van der Waals surface area contributed by atoms with Crippen molar-refractivity contribution >= 4 is 27.3 Å². The standard InChI is InChI=1S/C15H16BrN3S/c16-11-5-10(6-17-7-11)15-19-14(9-1-2-9)13(20-15)8-18-12-3-4-12/h5-7,9,12,18H,1-4,8H2. The first-order valence-electron chi connectivity index (χ1n) is 7.13. The molecule has 2 aromatic heterocycles. The van der Waals surface area contributed by atoms with Gasteiger partial charge in [0.15, 0.2) is 0 Å². The van der Waals surface area contributed by atoms with Crippen molar-refractivity contribution in [3.63, 3.8) is 0 Å². The number of nitrogens with zero attached hydrogens (tertiary/aromatic N) is 2. The van der Waals surface area contributed by atoms with Crippen molar-refractivity contribution in [2.24, 2.45) is 0 Å². The Labute approximate surface area is 131 Å². The summed E-state index contributed by atoms with van der Waals surface area (Å²) in [7, 11) is 0. The zero-order chi connectivity index (χ0) is 13.5. The maximum Gasteiger partial charge on any atom is 0.125 e. The summed E-state index contributed by atoms with van der Waals surface area (Å²) >= 11 is 5.31. The molecule has 2 aliphatic carbocycles. The number of nitrogens with one attached hydrogen (secondary N) is 1. The highest BCUT2D eigenvalue weighted by molar-refractivity contribution is 9.10. The van der Waals surface area contributed by atoms with Crippen LogP contribution < -0.4 is 5.32 Å². The van der Waals surface area contributed by atoms with Crippen LogP contribution in [0.3, 0.4) is 0 Å². The van der Waals surface area contributed by atoms with E-state index >= 15 is 0 Å². The number of hydrogen-bond donors (Lipinski definition) is 1. The molecule has 2 heterocycles. The lowest BCUT2D eigenvalue weighted by Crippen LogP contribution is -2.15. The molecule has 2 aliphatic rings. The third-order valence-corrected chi connectivity index (χ3v) is 5.33. The number of pyridine rings is 1. The monoisotopic (exact) mass is 349 g/mol. The fourth-order valence-electron chi connectivity index (χ4n) is 2.34. The van der Waals surface area contributed by atoms with Gasteiger partial charge in [-0.15, -0.1) is 11.3 Å². The molecule has 0 aliphatic heterocycles. The van der Waals surface area contributed by atoms with E-state index in [0.29, 0.717) is 5.92 Å². The van der Waals surface area contributed by atoms with Crippen molar-refractivity contribution < 1.29 is 0 Å². The van der Waals surface area contributed by atoms with Crippen molar-refractivity contribution in [1.29, 1.82) is 0 Å². The van der Waals surface area contributed by atoms with Gasteiger partial charge in [-0.3, -0.25) is 4.98 Å². The molecule has 1 N–H and O–H groups in total. The minimum absolute atomic E-state index is 0.705. The molecule has 0 aromatic carbocycles. The lowest BCUT2D eigenvalue weighted by atomic mass is 10.2. The van der Waals surface area contributed by atoms with Gasteiger partial charge in [0.1, 0.15) is 5.01 Å². The van der Waals surface area contributed by atoms with Crippen molar-refractivity contribution in [3.8, 4) is 10.6 Å². The number of aromatic nitrogens is 2. The highest BCUT2D eigenvalue weighted by Crippen LogP contribution is 2.44. The first kappa shape index (κ1) is 12.9. The van der Waals surface area contributed by atoms with Gasteiger partial charge in [-0.05, 0) is 47.7 Å². The minimum Gasteiger partial charge on any atom is -0.309 e. The van der Waals surface area contributed by atoms with Crippen LogP contribution in [-0.2, 0) is 6.54 Å². The molecular weight excluding hydrogens is 334 g/mol. The Balaban J connectivity index is 1.63. The highest BCUT2D eigenvalue weighted by atomic mass is 79.9. The van der Waals surface area contributed by atoms with E-state index in [9.17, 15) is 0 Å². The number of halogens is 1. The predicted molar refractivity (Wildman–Crippen MR) is 84.9 cm³/mol. The molecule has 0 bridgehead atoms. The lowest BCUT2D eigenvalue weighted by molar-refractivity contribution is 0.688. The maximum atomic E-state index is 4.90. The Kier molecular flexibility index (Phi) is 3.36. The molecular formula is C15H16BrN3S. The molecule has 0 radical (unpaired) electrons. The van der Waals surface area contributed by atoms with Gasteiger partial charge in [0.25, 0.3) is 0 Å². The molecule has 5 heteroatoms. The second-order valence-corrected chi connectivity index (χ2v) is 7.65. The average molecular weight is 350 g/mol. The van der Waals surface area contributed by atoms with Crippen LogP contribution in [0.4, 0.5) is 0 Å². The Morgan fingerprint density at radius 3 is 2.80 bits per heavy atom. The number of rotatable bonds is 5. The van der Waals surface area contributed by atoms with E-state index < -0.39 is 0 Å². The third kappa shape index (κ3) is 2.80. The van der Waals surface area contributed by atoms with Gasteiger partial charge in [0.2, 0.25) is 0 Å². The van der Waals surface area contributed by atoms with E-state index in [1.165, 1.54) is 36.3 Å². The summed E-state index contributed by atoms with van der Waals surface area (Å²) in [5, 5.41) is 4.72. The van der Waals surface area contributed by atoms with Crippen LogP contribution >= 0.6 is 27.3 Å². The summed E-state index contributed by atoms with van der Waals surface area (Å²) in [5.41, 5.74) is 2.45. The van der Waals surface area contributed by atoms with Crippen LogP contribution in [0, 0.1) is 0 Å². The van der Waals surface area contributed by atoms with Gasteiger partial charge < -0.3 is 5.32 Å². The van der Waals surface area contributed by atoms with E-state index in [1.807, 2.05) is 23.7 Å². The molecule has 4 rings (SSSR count). The van der Waals surface area contributed by atoms with Crippen molar-refractivity contribution in [3.05, 3.63) is 33.5 Å². The van der Waals surface area contributed by atoms with Crippen LogP contribution in [0.1, 0.15) is 42.2 Å². The Bertz CT molecular complexity index is 632. The second kappa shape index (κ2) is 5.20. The van der Waals surface area contributed by atoms with E-state index in [2.05, 4.69) is 32.3 Å². The number of hydrogen-bond acceptors (Lipinski definition) is 4. The van der Waals surface area contributed by atoms with Crippen LogP contribution in [-0.4, -0.2) is 16.0 Å². The van der Waals surface area contributed by atoms with Crippen molar-refractivity contribution in [2.45, 2.75) is 44.2 Å².